The number of nitrogens with zero attached hydrogens (tertiary/aromatic N) is 4. The molecule has 3 heterocycles. The molecule has 0 spiro atoms. The average Bonchev–Trinajstić information content (AvgIpc) is 3.35. The molecule has 3 aliphatic rings. The molecule has 1 saturated carbocycles. The lowest BCUT2D eigenvalue weighted by molar-refractivity contribution is 0.0968. The predicted molar refractivity (Wildman–Crippen MR) is 148 cm³/mol. The topological polar surface area (TPSA) is 62.6 Å². The van der Waals surface area contributed by atoms with E-state index in [1.54, 1.807) is 30.1 Å². The van der Waals surface area contributed by atoms with Gasteiger partial charge in [0.05, 0.1) is 17.9 Å². The maximum atomic E-state index is 13.5. The van der Waals surface area contributed by atoms with Crippen molar-refractivity contribution in [3.05, 3.63) is 51.7 Å². The summed E-state index contributed by atoms with van der Waals surface area (Å²) in [5.41, 5.74) is 1.40. The monoisotopic (exact) mass is 533 g/mol. The van der Waals surface area contributed by atoms with Crippen LogP contribution in [0.5, 0.6) is 0 Å². The minimum Gasteiger partial charge on any atom is -0.385 e. The SMILES string of the molecule is C1CCOCC1.CNc1cnn(C2CCC(N(CC3CCN(C)C3)c3ccc(F)cc3)CC2)c(=O)c1Cl. The summed E-state index contributed by atoms with van der Waals surface area (Å²) in [6.45, 7) is 5.21. The molecule has 9 heteroatoms. The Morgan fingerprint density at radius 2 is 1.81 bits per heavy atom. The van der Waals surface area contributed by atoms with Crippen molar-refractivity contribution in [1.29, 1.82) is 0 Å². The molecule has 2 saturated heterocycles. The Bertz CT molecular complexity index is 1030. The highest BCUT2D eigenvalue weighted by Gasteiger charge is 2.31. The van der Waals surface area contributed by atoms with E-state index in [1.807, 2.05) is 12.1 Å². The normalized spacial score (nSPS) is 24.3. The molecule has 1 aliphatic carbocycles. The van der Waals surface area contributed by atoms with Crippen LogP contribution in [-0.4, -0.2) is 67.7 Å². The Morgan fingerprint density at radius 3 is 2.35 bits per heavy atom. The lowest BCUT2D eigenvalue weighted by atomic mass is 9.89. The zero-order chi connectivity index (χ0) is 26.2. The summed E-state index contributed by atoms with van der Waals surface area (Å²) >= 11 is 6.22. The zero-order valence-corrected chi connectivity index (χ0v) is 22.9. The highest BCUT2D eigenvalue weighted by molar-refractivity contribution is 6.32. The zero-order valence-electron chi connectivity index (χ0n) is 22.2. The van der Waals surface area contributed by atoms with Crippen LogP contribution in [0.1, 0.15) is 57.4 Å². The van der Waals surface area contributed by atoms with Crippen LogP contribution in [0.15, 0.2) is 35.3 Å². The number of benzene rings is 1. The van der Waals surface area contributed by atoms with E-state index in [4.69, 9.17) is 16.3 Å². The third kappa shape index (κ3) is 7.45. The number of halogens is 2. The second kappa shape index (κ2) is 13.6. The molecule has 0 radical (unpaired) electrons. The molecule has 5 rings (SSSR count). The summed E-state index contributed by atoms with van der Waals surface area (Å²) in [5.74, 6) is 0.408. The number of ether oxygens (including phenoxy) is 1. The van der Waals surface area contributed by atoms with Gasteiger partial charge in [-0.1, -0.05) is 11.6 Å². The molecule has 1 atom stereocenters. The summed E-state index contributed by atoms with van der Waals surface area (Å²) in [5, 5.41) is 7.45. The van der Waals surface area contributed by atoms with E-state index in [2.05, 4.69) is 27.3 Å². The molecule has 2 aliphatic heterocycles. The van der Waals surface area contributed by atoms with Gasteiger partial charge in [-0.2, -0.15) is 5.10 Å². The Morgan fingerprint density at radius 1 is 1.11 bits per heavy atom. The largest absolute Gasteiger partial charge is 0.385 e. The Kier molecular flexibility index (Phi) is 10.2. The van der Waals surface area contributed by atoms with Gasteiger partial charge in [-0.25, -0.2) is 9.07 Å². The van der Waals surface area contributed by atoms with Gasteiger partial charge in [0.25, 0.3) is 5.56 Å². The minimum absolute atomic E-state index is 0.0554. The summed E-state index contributed by atoms with van der Waals surface area (Å²) in [6.07, 6.45) is 10.4. The quantitative estimate of drug-likeness (QED) is 0.550. The van der Waals surface area contributed by atoms with Gasteiger partial charge in [-0.3, -0.25) is 4.79 Å². The number of rotatable bonds is 6. The van der Waals surface area contributed by atoms with Crippen LogP contribution in [0.2, 0.25) is 5.02 Å². The Hall–Kier alpha value is -2.16. The van der Waals surface area contributed by atoms with Gasteiger partial charge in [0.1, 0.15) is 10.8 Å². The molecule has 1 N–H and O–H groups in total. The number of aromatic nitrogens is 2. The first-order valence-corrected chi connectivity index (χ1v) is 14.1. The fourth-order valence-electron chi connectivity index (χ4n) is 5.73. The van der Waals surface area contributed by atoms with Crippen LogP contribution in [0.25, 0.3) is 0 Å². The fraction of sp³-hybridized carbons (Fsp3) is 0.643. The molecule has 1 aromatic carbocycles. The first kappa shape index (κ1) is 27.9. The lowest BCUT2D eigenvalue weighted by Gasteiger charge is -2.40. The summed E-state index contributed by atoms with van der Waals surface area (Å²) < 4.78 is 20.2. The van der Waals surface area contributed by atoms with Gasteiger partial charge >= 0.3 is 0 Å². The predicted octanol–water partition coefficient (Wildman–Crippen LogP) is 5.21. The van der Waals surface area contributed by atoms with Crippen molar-refractivity contribution < 1.29 is 9.13 Å². The van der Waals surface area contributed by atoms with Crippen molar-refractivity contribution in [2.24, 2.45) is 5.92 Å². The molecule has 204 valence electrons. The Balaban J connectivity index is 0.000000469. The van der Waals surface area contributed by atoms with E-state index >= 15 is 0 Å². The van der Waals surface area contributed by atoms with Crippen molar-refractivity contribution in [3.63, 3.8) is 0 Å². The summed E-state index contributed by atoms with van der Waals surface area (Å²) in [7, 11) is 3.90. The second-order valence-electron chi connectivity index (χ2n) is 10.6. The molecule has 37 heavy (non-hydrogen) atoms. The molecular weight excluding hydrogens is 493 g/mol. The minimum atomic E-state index is -0.235. The highest BCUT2D eigenvalue weighted by Crippen LogP contribution is 2.34. The van der Waals surface area contributed by atoms with E-state index in [1.165, 1.54) is 25.7 Å². The molecule has 2 aromatic rings. The number of hydrogen-bond acceptors (Lipinski definition) is 6. The maximum absolute atomic E-state index is 13.5. The molecule has 7 nitrogen and oxygen atoms in total. The van der Waals surface area contributed by atoms with Crippen LogP contribution < -0.4 is 15.8 Å². The summed E-state index contributed by atoms with van der Waals surface area (Å²) in [4.78, 5) is 17.5. The van der Waals surface area contributed by atoms with E-state index in [0.717, 1.165) is 64.2 Å². The highest BCUT2D eigenvalue weighted by atomic mass is 35.5. The maximum Gasteiger partial charge on any atom is 0.287 e. The number of likely N-dealkylation sites (tertiary alicyclic amines) is 1. The van der Waals surface area contributed by atoms with Gasteiger partial charge in [-0.15, -0.1) is 0 Å². The van der Waals surface area contributed by atoms with Crippen LogP contribution in [-0.2, 0) is 4.74 Å². The molecular formula is C28H41ClFN5O2. The smallest absolute Gasteiger partial charge is 0.287 e. The second-order valence-corrected chi connectivity index (χ2v) is 10.9. The third-order valence-electron chi connectivity index (χ3n) is 7.85. The summed E-state index contributed by atoms with van der Waals surface area (Å²) in [6, 6.07) is 7.30. The number of hydrogen-bond donors (Lipinski definition) is 1. The van der Waals surface area contributed by atoms with E-state index in [-0.39, 0.29) is 22.4 Å². The van der Waals surface area contributed by atoms with Crippen molar-refractivity contribution in [2.45, 2.75) is 63.5 Å². The molecule has 3 fully saturated rings. The van der Waals surface area contributed by atoms with E-state index in [9.17, 15) is 9.18 Å². The average molecular weight is 534 g/mol. The first-order valence-electron chi connectivity index (χ1n) is 13.7. The van der Waals surface area contributed by atoms with E-state index in [0.29, 0.717) is 17.6 Å². The Labute approximate surface area is 224 Å². The van der Waals surface area contributed by atoms with Crippen LogP contribution in [0, 0.1) is 11.7 Å². The van der Waals surface area contributed by atoms with Crippen LogP contribution in [0.4, 0.5) is 15.8 Å². The first-order chi connectivity index (χ1) is 18.0. The van der Waals surface area contributed by atoms with Gasteiger partial charge in [0, 0.05) is 45.1 Å². The van der Waals surface area contributed by atoms with Crippen LogP contribution >= 0.6 is 11.6 Å². The van der Waals surface area contributed by atoms with Crippen molar-refractivity contribution in [2.75, 3.05) is 57.2 Å². The number of anilines is 2. The van der Waals surface area contributed by atoms with Crippen LogP contribution in [0.3, 0.4) is 0 Å². The fourth-order valence-corrected chi connectivity index (χ4v) is 5.96. The number of nitrogens with one attached hydrogen (secondary N) is 1. The third-order valence-corrected chi connectivity index (χ3v) is 8.21. The molecule has 1 unspecified atom stereocenters. The van der Waals surface area contributed by atoms with Crippen molar-refractivity contribution >= 4 is 23.0 Å². The van der Waals surface area contributed by atoms with Gasteiger partial charge < -0.3 is 19.9 Å². The van der Waals surface area contributed by atoms with E-state index < -0.39 is 0 Å². The molecule has 1 aromatic heterocycles. The molecule has 0 bridgehead atoms. The van der Waals surface area contributed by atoms with Gasteiger partial charge in [0.2, 0.25) is 0 Å². The standard InChI is InChI=1S/C23H31ClFN5O.C5H10O/c1-26-21-13-27-30(23(31)22(21)24)20-9-7-19(8-10-20)29(15-16-11-12-28(2)14-16)18-5-3-17(25)4-6-18;1-2-4-6-5-3-1/h3-6,13,16,19-20,26H,7-12,14-15H2,1-2H3;1-5H2. The van der Waals surface area contributed by atoms with Gasteiger partial charge in [0.15, 0.2) is 0 Å². The molecule has 0 amide bonds. The lowest BCUT2D eigenvalue weighted by Crippen LogP contribution is -2.43. The van der Waals surface area contributed by atoms with Crippen molar-refractivity contribution in [1.82, 2.24) is 14.7 Å². The van der Waals surface area contributed by atoms with Gasteiger partial charge in [-0.05, 0) is 95.1 Å². The van der Waals surface area contributed by atoms with Crippen molar-refractivity contribution in [3.8, 4) is 0 Å².